The molecule has 0 aliphatic carbocycles. The van der Waals surface area contributed by atoms with Gasteiger partial charge in [0.05, 0.1) is 6.61 Å². The van der Waals surface area contributed by atoms with Crippen LogP contribution < -0.4 is 0 Å². The van der Waals surface area contributed by atoms with Crippen LogP contribution in [0.15, 0.2) is 24.3 Å². The average molecular weight is 216 g/mol. The predicted molar refractivity (Wildman–Crippen MR) is 52.4 cm³/mol. The van der Waals surface area contributed by atoms with Gasteiger partial charge in [0.1, 0.15) is 5.75 Å². The van der Waals surface area contributed by atoms with Crippen molar-refractivity contribution in [1.82, 2.24) is 0 Å². The Kier molecular flexibility index (Phi) is 3.62. The second-order valence-corrected chi connectivity index (χ2v) is 4.43. The summed E-state index contributed by atoms with van der Waals surface area (Å²) >= 11 is 0. The quantitative estimate of drug-likeness (QED) is 0.769. The van der Waals surface area contributed by atoms with Gasteiger partial charge in [0.15, 0.2) is 0 Å². The molecule has 0 bridgehead atoms. The fourth-order valence-electron chi connectivity index (χ4n) is 1.11. The lowest BCUT2D eigenvalue weighted by molar-refractivity contribution is 0.185. The van der Waals surface area contributed by atoms with Gasteiger partial charge in [0, 0.05) is 7.11 Å². The molecule has 0 saturated carbocycles. The van der Waals surface area contributed by atoms with E-state index in [9.17, 15) is 8.42 Å². The molecule has 0 aromatic heterocycles. The summed E-state index contributed by atoms with van der Waals surface area (Å²) in [4.78, 5) is 0. The average Bonchev–Trinajstić information content (AvgIpc) is 2.06. The standard InChI is InChI=1S/C9H12O4S/c1-13-6-8-2-4-9(5-3-8)7-14(10,11)12/h2-5H,6-7H2,1H3,(H,10,11,12). The van der Waals surface area contributed by atoms with Crippen molar-refractivity contribution in [3.05, 3.63) is 35.4 Å². The zero-order valence-corrected chi connectivity index (χ0v) is 8.62. The molecule has 0 atom stereocenters. The van der Waals surface area contributed by atoms with E-state index < -0.39 is 10.1 Å². The van der Waals surface area contributed by atoms with Crippen molar-refractivity contribution in [2.24, 2.45) is 0 Å². The highest BCUT2D eigenvalue weighted by Crippen LogP contribution is 2.08. The van der Waals surface area contributed by atoms with E-state index >= 15 is 0 Å². The normalized spacial score (nSPS) is 11.6. The first-order valence-electron chi connectivity index (χ1n) is 4.03. The van der Waals surface area contributed by atoms with Gasteiger partial charge in [-0.1, -0.05) is 24.3 Å². The highest BCUT2D eigenvalue weighted by molar-refractivity contribution is 7.85. The van der Waals surface area contributed by atoms with Crippen LogP contribution in [-0.2, 0) is 27.2 Å². The minimum Gasteiger partial charge on any atom is -0.380 e. The molecule has 5 heteroatoms. The fraction of sp³-hybridized carbons (Fsp3) is 0.333. The molecule has 78 valence electrons. The maximum atomic E-state index is 10.5. The van der Waals surface area contributed by atoms with Gasteiger partial charge in [-0.05, 0) is 11.1 Å². The Hall–Kier alpha value is -0.910. The van der Waals surface area contributed by atoms with Crippen molar-refractivity contribution < 1.29 is 17.7 Å². The van der Waals surface area contributed by atoms with Crippen LogP contribution in [0.1, 0.15) is 11.1 Å². The monoisotopic (exact) mass is 216 g/mol. The SMILES string of the molecule is COCc1ccc(CS(=O)(=O)O)cc1. The van der Waals surface area contributed by atoms with E-state index in [4.69, 9.17) is 9.29 Å². The van der Waals surface area contributed by atoms with Crippen molar-refractivity contribution in [2.45, 2.75) is 12.4 Å². The molecule has 0 fully saturated rings. The number of rotatable bonds is 4. The van der Waals surface area contributed by atoms with Crippen molar-refractivity contribution in [3.63, 3.8) is 0 Å². The summed E-state index contributed by atoms with van der Waals surface area (Å²) in [6.07, 6.45) is 0. The van der Waals surface area contributed by atoms with Crippen LogP contribution in [0, 0.1) is 0 Å². The first kappa shape index (κ1) is 11.2. The Morgan fingerprint density at radius 2 is 1.71 bits per heavy atom. The van der Waals surface area contributed by atoms with E-state index in [0.29, 0.717) is 12.2 Å². The van der Waals surface area contributed by atoms with Crippen molar-refractivity contribution >= 4 is 10.1 Å². The molecular weight excluding hydrogens is 204 g/mol. The minimum atomic E-state index is -3.93. The third-order valence-corrected chi connectivity index (χ3v) is 2.38. The van der Waals surface area contributed by atoms with Gasteiger partial charge < -0.3 is 4.74 Å². The summed E-state index contributed by atoms with van der Waals surface area (Å²) in [6, 6.07) is 6.85. The summed E-state index contributed by atoms with van der Waals surface area (Å²) < 4.78 is 34.6. The molecule has 0 unspecified atom stereocenters. The second kappa shape index (κ2) is 4.54. The Morgan fingerprint density at radius 3 is 2.14 bits per heavy atom. The molecule has 1 aromatic rings. The third kappa shape index (κ3) is 3.87. The summed E-state index contributed by atoms with van der Waals surface area (Å²) in [5.41, 5.74) is 1.53. The first-order valence-corrected chi connectivity index (χ1v) is 5.64. The lowest BCUT2D eigenvalue weighted by Crippen LogP contribution is -2.01. The number of methoxy groups -OCH3 is 1. The number of hydrogen-bond acceptors (Lipinski definition) is 3. The van der Waals surface area contributed by atoms with Gasteiger partial charge >= 0.3 is 0 Å². The Morgan fingerprint density at radius 1 is 1.21 bits per heavy atom. The molecule has 4 nitrogen and oxygen atoms in total. The third-order valence-electron chi connectivity index (χ3n) is 1.68. The van der Waals surface area contributed by atoms with Gasteiger partial charge in [-0.3, -0.25) is 4.55 Å². The van der Waals surface area contributed by atoms with Crippen LogP contribution in [0.4, 0.5) is 0 Å². The van der Waals surface area contributed by atoms with E-state index in [1.807, 2.05) is 0 Å². The molecular formula is C9H12O4S. The summed E-state index contributed by atoms with van der Waals surface area (Å²) in [7, 11) is -2.34. The lowest BCUT2D eigenvalue weighted by Gasteiger charge is -2.01. The van der Waals surface area contributed by atoms with Crippen LogP contribution in [-0.4, -0.2) is 20.1 Å². The zero-order valence-electron chi connectivity index (χ0n) is 7.80. The Bertz CT molecular complexity index is 380. The van der Waals surface area contributed by atoms with E-state index in [0.717, 1.165) is 5.56 Å². The van der Waals surface area contributed by atoms with Crippen LogP contribution in [0.25, 0.3) is 0 Å². The van der Waals surface area contributed by atoms with Gasteiger partial charge in [-0.25, -0.2) is 0 Å². The van der Waals surface area contributed by atoms with Gasteiger partial charge in [0.2, 0.25) is 0 Å². The maximum absolute atomic E-state index is 10.5. The van der Waals surface area contributed by atoms with Gasteiger partial charge in [0.25, 0.3) is 10.1 Å². The maximum Gasteiger partial charge on any atom is 0.269 e. The molecule has 14 heavy (non-hydrogen) atoms. The Labute approximate surface area is 83.3 Å². The molecule has 1 rings (SSSR count). The van der Waals surface area contributed by atoms with E-state index in [-0.39, 0.29) is 5.75 Å². The lowest BCUT2D eigenvalue weighted by atomic mass is 10.2. The first-order chi connectivity index (χ1) is 6.51. The minimum absolute atomic E-state index is 0.347. The number of benzene rings is 1. The van der Waals surface area contributed by atoms with Crippen molar-refractivity contribution in [1.29, 1.82) is 0 Å². The van der Waals surface area contributed by atoms with Crippen LogP contribution in [0.5, 0.6) is 0 Å². The molecule has 0 heterocycles. The summed E-state index contributed by atoms with van der Waals surface area (Å²) in [5.74, 6) is -0.347. The molecule has 0 spiro atoms. The van der Waals surface area contributed by atoms with Crippen LogP contribution in [0.2, 0.25) is 0 Å². The summed E-state index contributed by atoms with van der Waals surface area (Å²) in [6.45, 7) is 0.492. The van der Waals surface area contributed by atoms with Gasteiger partial charge in [-0.15, -0.1) is 0 Å². The van der Waals surface area contributed by atoms with Crippen molar-refractivity contribution in [2.75, 3.05) is 7.11 Å². The smallest absolute Gasteiger partial charge is 0.269 e. The number of hydrogen-bond donors (Lipinski definition) is 1. The predicted octanol–water partition coefficient (Wildman–Crippen LogP) is 1.22. The highest BCUT2D eigenvalue weighted by Gasteiger charge is 2.05. The molecule has 0 aliphatic rings. The molecule has 1 N–H and O–H groups in total. The van der Waals surface area contributed by atoms with Crippen LogP contribution >= 0.6 is 0 Å². The van der Waals surface area contributed by atoms with Gasteiger partial charge in [-0.2, -0.15) is 8.42 Å². The van der Waals surface area contributed by atoms with E-state index in [1.165, 1.54) is 0 Å². The molecule has 0 saturated heterocycles. The molecule has 0 amide bonds. The van der Waals surface area contributed by atoms with E-state index in [2.05, 4.69) is 0 Å². The van der Waals surface area contributed by atoms with E-state index in [1.54, 1.807) is 31.4 Å². The Balaban J connectivity index is 2.74. The molecule has 1 aromatic carbocycles. The van der Waals surface area contributed by atoms with Crippen LogP contribution in [0.3, 0.4) is 0 Å². The zero-order chi connectivity index (χ0) is 10.6. The highest BCUT2D eigenvalue weighted by atomic mass is 32.2. The molecule has 0 radical (unpaired) electrons. The number of ether oxygens (including phenoxy) is 1. The topological polar surface area (TPSA) is 63.6 Å². The second-order valence-electron chi connectivity index (χ2n) is 2.98. The molecule has 0 aliphatic heterocycles. The summed E-state index contributed by atoms with van der Waals surface area (Å²) in [5, 5.41) is 0. The largest absolute Gasteiger partial charge is 0.380 e. The fourth-order valence-corrected chi connectivity index (χ4v) is 1.72. The van der Waals surface area contributed by atoms with Crippen molar-refractivity contribution in [3.8, 4) is 0 Å².